The van der Waals surface area contributed by atoms with Gasteiger partial charge in [0.25, 0.3) is 0 Å². The highest BCUT2D eigenvalue weighted by molar-refractivity contribution is 7.89. The van der Waals surface area contributed by atoms with Crippen molar-refractivity contribution in [2.75, 3.05) is 5.32 Å². The Bertz CT molecular complexity index is 529. The van der Waals surface area contributed by atoms with E-state index in [2.05, 4.69) is 5.32 Å². The van der Waals surface area contributed by atoms with Crippen molar-refractivity contribution in [2.24, 2.45) is 5.14 Å². The van der Waals surface area contributed by atoms with Crippen LogP contribution in [0, 0.1) is 5.82 Å². The largest absolute Gasteiger partial charge is 0.381 e. The standard InChI is InChI=1S/C9H10ClFN2O2S/c10-8-6(11)3-4-7(13-5-1-2-5)9(8)16(12,14)15/h3-5,13H,1-2H2,(H2,12,14,15). The minimum absolute atomic E-state index is 0.224. The van der Waals surface area contributed by atoms with Crippen LogP contribution in [0.15, 0.2) is 17.0 Å². The molecule has 0 saturated heterocycles. The summed E-state index contributed by atoms with van der Waals surface area (Å²) < 4.78 is 35.8. The second-order valence-corrected chi connectivity index (χ2v) is 5.58. The van der Waals surface area contributed by atoms with Gasteiger partial charge in [0.2, 0.25) is 10.0 Å². The maximum Gasteiger partial charge on any atom is 0.241 e. The molecule has 1 saturated carbocycles. The highest BCUT2D eigenvalue weighted by Crippen LogP contribution is 2.34. The SMILES string of the molecule is NS(=O)(=O)c1c(NC2CC2)ccc(F)c1Cl. The smallest absolute Gasteiger partial charge is 0.241 e. The van der Waals surface area contributed by atoms with Crippen molar-refractivity contribution in [2.45, 2.75) is 23.8 Å². The lowest BCUT2D eigenvalue weighted by molar-refractivity contribution is 0.593. The molecule has 7 heteroatoms. The van der Waals surface area contributed by atoms with Gasteiger partial charge in [0.15, 0.2) is 0 Å². The summed E-state index contributed by atoms with van der Waals surface area (Å²) in [6.45, 7) is 0. The molecule has 0 aromatic heterocycles. The van der Waals surface area contributed by atoms with Crippen LogP contribution in [0.4, 0.5) is 10.1 Å². The predicted molar refractivity (Wildman–Crippen MR) is 59.4 cm³/mol. The molecule has 4 nitrogen and oxygen atoms in total. The number of primary sulfonamides is 1. The molecule has 1 aliphatic rings. The predicted octanol–water partition coefficient (Wildman–Crippen LogP) is 1.70. The molecule has 0 spiro atoms. The lowest BCUT2D eigenvalue weighted by Crippen LogP contribution is -2.17. The molecule has 0 heterocycles. The summed E-state index contributed by atoms with van der Waals surface area (Å²) in [6, 6.07) is 2.67. The van der Waals surface area contributed by atoms with Crippen LogP contribution >= 0.6 is 11.6 Å². The highest BCUT2D eigenvalue weighted by Gasteiger charge is 2.26. The van der Waals surface area contributed by atoms with E-state index >= 15 is 0 Å². The fraction of sp³-hybridized carbons (Fsp3) is 0.333. The summed E-state index contributed by atoms with van der Waals surface area (Å²) in [5, 5.41) is 7.49. The number of benzene rings is 1. The van der Waals surface area contributed by atoms with Gasteiger partial charge in [0.1, 0.15) is 10.7 Å². The molecule has 0 aliphatic heterocycles. The zero-order chi connectivity index (χ0) is 11.9. The van der Waals surface area contributed by atoms with Crippen molar-refractivity contribution in [3.05, 3.63) is 23.0 Å². The van der Waals surface area contributed by atoms with E-state index < -0.39 is 20.9 Å². The molecule has 1 fully saturated rings. The van der Waals surface area contributed by atoms with E-state index in [1.165, 1.54) is 6.07 Å². The molecule has 1 aromatic carbocycles. The Morgan fingerprint density at radius 3 is 2.56 bits per heavy atom. The van der Waals surface area contributed by atoms with Crippen molar-refractivity contribution in [1.29, 1.82) is 0 Å². The lowest BCUT2D eigenvalue weighted by Gasteiger charge is -2.11. The fourth-order valence-corrected chi connectivity index (χ4v) is 2.64. The number of hydrogen-bond acceptors (Lipinski definition) is 3. The first kappa shape index (κ1) is 11.6. The van der Waals surface area contributed by atoms with Gasteiger partial charge in [-0.05, 0) is 25.0 Å². The van der Waals surface area contributed by atoms with Gasteiger partial charge in [-0.1, -0.05) is 11.6 Å². The highest BCUT2D eigenvalue weighted by atomic mass is 35.5. The van der Waals surface area contributed by atoms with E-state index in [-0.39, 0.29) is 16.6 Å². The molecule has 0 atom stereocenters. The maximum atomic E-state index is 13.2. The number of hydrogen-bond donors (Lipinski definition) is 2. The van der Waals surface area contributed by atoms with Gasteiger partial charge < -0.3 is 5.32 Å². The molecule has 16 heavy (non-hydrogen) atoms. The minimum atomic E-state index is -4.04. The molecule has 1 aromatic rings. The zero-order valence-electron chi connectivity index (χ0n) is 8.20. The molecule has 3 N–H and O–H groups in total. The molecule has 0 bridgehead atoms. The Hall–Kier alpha value is -0.850. The Labute approximate surface area is 97.6 Å². The van der Waals surface area contributed by atoms with Crippen molar-refractivity contribution in [3.8, 4) is 0 Å². The molecular weight excluding hydrogens is 255 g/mol. The third-order valence-corrected chi connectivity index (χ3v) is 3.75. The number of sulfonamides is 1. The summed E-state index contributed by atoms with van der Waals surface area (Å²) in [6.07, 6.45) is 1.91. The van der Waals surface area contributed by atoms with Crippen molar-refractivity contribution >= 4 is 27.3 Å². The first-order valence-electron chi connectivity index (χ1n) is 4.67. The van der Waals surface area contributed by atoms with Gasteiger partial charge in [0, 0.05) is 6.04 Å². The Morgan fingerprint density at radius 1 is 1.44 bits per heavy atom. The van der Waals surface area contributed by atoms with Crippen LogP contribution in [0.5, 0.6) is 0 Å². The third-order valence-electron chi connectivity index (χ3n) is 2.27. The molecule has 88 valence electrons. The number of rotatable bonds is 3. The van der Waals surface area contributed by atoms with E-state index in [0.717, 1.165) is 18.9 Å². The van der Waals surface area contributed by atoms with Crippen LogP contribution in [0.1, 0.15) is 12.8 Å². The van der Waals surface area contributed by atoms with Crippen LogP contribution in [0.25, 0.3) is 0 Å². The zero-order valence-corrected chi connectivity index (χ0v) is 9.78. The first-order chi connectivity index (χ1) is 7.39. The number of nitrogens with two attached hydrogens (primary N) is 1. The average Bonchev–Trinajstić information content (AvgIpc) is 2.93. The van der Waals surface area contributed by atoms with E-state index in [9.17, 15) is 12.8 Å². The molecule has 0 amide bonds. The summed E-state index contributed by atoms with van der Waals surface area (Å²) in [4.78, 5) is -0.374. The Balaban J connectivity index is 2.55. The van der Waals surface area contributed by atoms with Crippen molar-refractivity contribution in [1.82, 2.24) is 0 Å². The van der Waals surface area contributed by atoms with Gasteiger partial charge >= 0.3 is 0 Å². The lowest BCUT2D eigenvalue weighted by atomic mass is 10.3. The van der Waals surface area contributed by atoms with Gasteiger partial charge in [-0.15, -0.1) is 0 Å². The van der Waals surface area contributed by atoms with Gasteiger partial charge in [-0.3, -0.25) is 0 Å². The Morgan fingerprint density at radius 2 is 2.06 bits per heavy atom. The maximum absolute atomic E-state index is 13.2. The molecule has 0 radical (unpaired) electrons. The topological polar surface area (TPSA) is 72.2 Å². The second-order valence-electron chi connectivity index (χ2n) is 3.70. The van der Waals surface area contributed by atoms with E-state index in [4.69, 9.17) is 16.7 Å². The van der Waals surface area contributed by atoms with Gasteiger partial charge in [-0.2, -0.15) is 0 Å². The summed E-state index contributed by atoms with van der Waals surface area (Å²) in [7, 11) is -4.04. The van der Waals surface area contributed by atoms with Crippen LogP contribution < -0.4 is 10.5 Å². The number of anilines is 1. The van der Waals surface area contributed by atoms with Crippen LogP contribution in [-0.2, 0) is 10.0 Å². The number of halogens is 2. The minimum Gasteiger partial charge on any atom is -0.381 e. The normalized spacial score (nSPS) is 16.2. The first-order valence-corrected chi connectivity index (χ1v) is 6.59. The molecule has 0 unspecified atom stereocenters. The van der Waals surface area contributed by atoms with Crippen LogP contribution in [0.2, 0.25) is 5.02 Å². The summed E-state index contributed by atoms with van der Waals surface area (Å²) in [5.41, 5.74) is 0.261. The van der Waals surface area contributed by atoms with Gasteiger partial charge in [-0.25, -0.2) is 17.9 Å². The molecule has 2 rings (SSSR count). The molecule has 1 aliphatic carbocycles. The van der Waals surface area contributed by atoms with Crippen LogP contribution in [0.3, 0.4) is 0 Å². The quantitative estimate of drug-likeness (QED) is 0.873. The van der Waals surface area contributed by atoms with E-state index in [1.54, 1.807) is 0 Å². The van der Waals surface area contributed by atoms with E-state index in [1.807, 2.05) is 0 Å². The van der Waals surface area contributed by atoms with Gasteiger partial charge in [0.05, 0.1) is 10.7 Å². The van der Waals surface area contributed by atoms with Crippen molar-refractivity contribution < 1.29 is 12.8 Å². The molecular formula is C9H10ClFN2O2S. The van der Waals surface area contributed by atoms with E-state index in [0.29, 0.717) is 0 Å². The van der Waals surface area contributed by atoms with Crippen molar-refractivity contribution in [3.63, 3.8) is 0 Å². The fourth-order valence-electron chi connectivity index (χ4n) is 1.37. The third kappa shape index (κ3) is 2.28. The average molecular weight is 265 g/mol. The summed E-state index contributed by atoms with van der Waals surface area (Å²) in [5.74, 6) is -0.799. The Kier molecular flexibility index (Phi) is 2.81. The number of nitrogens with one attached hydrogen (secondary N) is 1. The second kappa shape index (κ2) is 3.87. The monoisotopic (exact) mass is 264 g/mol. The summed E-state index contributed by atoms with van der Waals surface area (Å²) >= 11 is 5.61. The van der Waals surface area contributed by atoms with Crippen LogP contribution in [-0.4, -0.2) is 14.5 Å².